The van der Waals surface area contributed by atoms with Crippen molar-refractivity contribution in [1.29, 1.82) is 0 Å². The van der Waals surface area contributed by atoms with Gasteiger partial charge in [-0.2, -0.15) is 4.31 Å². The molecule has 1 amide bonds. The first-order valence-electron chi connectivity index (χ1n) is 12.2. The van der Waals surface area contributed by atoms with E-state index in [0.29, 0.717) is 34.7 Å². The quantitative estimate of drug-likeness (QED) is 0.363. The van der Waals surface area contributed by atoms with Gasteiger partial charge in [-0.1, -0.05) is 29.8 Å². The van der Waals surface area contributed by atoms with Crippen molar-refractivity contribution in [3.63, 3.8) is 0 Å². The largest absolute Gasteiger partial charge is 0.480 e. The van der Waals surface area contributed by atoms with Gasteiger partial charge in [0.05, 0.1) is 4.90 Å². The molecule has 1 N–H and O–H groups in total. The first-order valence-corrected chi connectivity index (χ1v) is 14.0. The summed E-state index contributed by atoms with van der Waals surface area (Å²) >= 11 is 6.04. The minimum atomic E-state index is -4.35. The molecule has 4 aromatic rings. The van der Waals surface area contributed by atoms with Crippen LogP contribution in [0.4, 0.5) is 5.69 Å². The van der Waals surface area contributed by atoms with Crippen LogP contribution in [0.15, 0.2) is 94.7 Å². The number of carbonyl (C=O) groups excluding carboxylic acids is 1. The van der Waals surface area contributed by atoms with Crippen molar-refractivity contribution in [2.45, 2.75) is 23.8 Å². The molecule has 9 nitrogen and oxygen atoms in total. The van der Waals surface area contributed by atoms with Gasteiger partial charge in [0.1, 0.15) is 12.6 Å². The van der Waals surface area contributed by atoms with Crippen molar-refractivity contribution in [2.75, 3.05) is 18.0 Å². The smallest absolute Gasteiger partial charge is 0.318 e. The molecular weight excluding hydrogens is 542 g/mol. The first-order chi connectivity index (χ1) is 18.6. The molecule has 5 rings (SSSR count). The minimum Gasteiger partial charge on any atom is -0.480 e. The highest BCUT2D eigenvalue weighted by atomic mass is 35.5. The molecule has 1 aliphatic heterocycles. The van der Waals surface area contributed by atoms with E-state index in [1.807, 2.05) is 0 Å². The number of hydrogen-bond acceptors (Lipinski definition) is 5. The number of fused-ring (bicyclic) bond motifs is 1. The third kappa shape index (κ3) is 5.31. The predicted octanol–water partition coefficient (Wildman–Crippen LogP) is 3.92. The summed E-state index contributed by atoms with van der Waals surface area (Å²) in [4.78, 5) is 38.9. The number of hydrogen-bond donors (Lipinski definition) is 1. The van der Waals surface area contributed by atoms with Crippen LogP contribution in [0.3, 0.4) is 0 Å². The Bertz CT molecular complexity index is 1740. The Morgan fingerprint density at radius 1 is 0.949 bits per heavy atom. The van der Waals surface area contributed by atoms with Crippen molar-refractivity contribution in [2.24, 2.45) is 0 Å². The standard InChI is InChI=1S/C28H24ClN3O6S/c29-21-8-6-20-17-24(13-7-19(20)16-21)39(37,38)32(18-27(34)35)25-4-3-15-31(28(25)36)23-11-9-22(10-12-23)30-14-2-1-5-26(30)33/h1-2,5-14,16-17,25H,3-4,15,18H2,(H,34,35). The zero-order chi connectivity index (χ0) is 27.7. The van der Waals surface area contributed by atoms with Gasteiger partial charge in [-0.05, 0) is 78.2 Å². The molecule has 0 radical (unpaired) electrons. The van der Waals surface area contributed by atoms with E-state index in [4.69, 9.17) is 11.6 Å². The van der Waals surface area contributed by atoms with Crippen LogP contribution in [0, 0.1) is 0 Å². The van der Waals surface area contributed by atoms with Crippen LogP contribution in [0.25, 0.3) is 16.5 Å². The maximum atomic E-state index is 13.7. The van der Waals surface area contributed by atoms with Crippen LogP contribution in [0.5, 0.6) is 0 Å². The van der Waals surface area contributed by atoms with Crippen LogP contribution >= 0.6 is 11.6 Å². The Labute approximate surface area is 229 Å². The third-order valence-electron chi connectivity index (χ3n) is 6.69. The van der Waals surface area contributed by atoms with Crippen LogP contribution in [0.2, 0.25) is 5.02 Å². The number of carbonyl (C=O) groups is 2. The summed E-state index contributed by atoms with van der Waals surface area (Å²) in [6.45, 7) is -0.515. The predicted molar refractivity (Wildman–Crippen MR) is 148 cm³/mol. The van der Waals surface area contributed by atoms with Gasteiger partial charge >= 0.3 is 5.97 Å². The van der Waals surface area contributed by atoms with Crippen molar-refractivity contribution in [3.05, 3.63) is 100 Å². The molecule has 0 bridgehead atoms. The summed E-state index contributed by atoms with van der Waals surface area (Å²) in [5.74, 6) is -1.88. The second-order valence-corrected chi connectivity index (χ2v) is 11.5. The molecule has 1 aliphatic rings. The van der Waals surface area contributed by atoms with E-state index >= 15 is 0 Å². The topological polar surface area (TPSA) is 117 Å². The number of amides is 1. The number of nitrogens with zero attached hydrogens (tertiary/aromatic N) is 3. The molecule has 0 spiro atoms. The zero-order valence-electron chi connectivity index (χ0n) is 20.6. The lowest BCUT2D eigenvalue weighted by Gasteiger charge is -2.37. The average molecular weight is 566 g/mol. The summed E-state index contributed by atoms with van der Waals surface area (Å²) in [6.07, 6.45) is 2.29. The molecule has 200 valence electrons. The van der Waals surface area contributed by atoms with Gasteiger partial charge in [0.25, 0.3) is 5.56 Å². The van der Waals surface area contributed by atoms with Crippen molar-refractivity contribution >= 4 is 50.0 Å². The monoisotopic (exact) mass is 565 g/mol. The maximum Gasteiger partial charge on any atom is 0.318 e. The fourth-order valence-electron chi connectivity index (χ4n) is 4.80. The fourth-order valence-corrected chi connectivity index (χ4v) is 6.58. The van der Waals surface area contributed by atoms with Crippen LogP contribution in [-0.2, 0) is 19.6 Å². The molecule has 1 atom stereocenters. The van der Waals surface area contributed by atoms with Gasteiger partial charge in [0.2, 0.25) is 15.9 Å². The molecule has 3 aromatic carbocycles. The van der Waals surface area contributed by atoms with E-state index < -0.39 is 34.5 Å². The molecule has 0 aliphatic carbocycles. The Morgan fingerprint density at radius 2 is 1.64 bits per heavy atom. The number of carboxylic acid groups (broad SMARTS) is 1. The van der Waals surface area contributed by atoms with Crippen molar-refractivity contribution in [1.82, 2.24) is 8.87 Å². The Morgan fingerprint density at radius 3 is 2.36 bits per heavy atom. The number of pyridine rings is 1. The fraction of sp³-hybridized carbons (Fsp3) is 0.179. The van der Waals surface area contributed by atoms with E-state index in [2.05, 4.69) is 0 Å². The van der Waals surface area contributed by atoms with E-state index in [-0.39, 0.29) is 16.9 Å². The molecule has 1 aromatic heterocycles. The van der Waals surface area contributed by atoms with Gasteiger partial charge < -0.3 is 10.0 Å². The van der Waals surface area contributed by atoms with E-state index in [1.165, 1.54) is 27.7 Å². The number of anilines is 1. The molecule has 11 heteroatoms. The van der Waals surface area contributed by atoms with Gasteiger partial charge in [-0.3, -0.25) is 19.0 Å². The summed E-state index contributed by atoms with van der Waals surface area (Å²) < 4.78 is 29.7. The normalized spacial score (nSPS) is 16.1. The van der Waals surface area contributed by atoms with Crippen LogP contribution in [0.1, 0.15) is 12.8 Å². The average Bonchev–Trinajstić information content (AvgIpc) is 2.92. The number of benzene rings is 3. The van der Waals surface area contributed by atoms with Crippen molar-refractivity contribution < 1.29 is 23.1 Å². The van der Waals surface area contributed by atoms with Crippen molar-refractivity contribution in [3.8, 4) is 5.69 Å². The van der Waals surface area contributed by atoms with Gasteiger partial charge in [-0.25, -0.2) is 8.42 Å². The Kier molecular flexibility index (Phi) is 7.26. The molecular formula is C28H24ClN3O6S. The van der Waals surface area contributed by atoms with Crippen LogP contribution in [-0.4, -0.2) is 53.4 Å². The minimum absolute atomic E-state index is 0.110. The maximum absolute atomic E-state index is 13.7. The highest BCUT2D eigenvalue weighted by Gasteiger charge is 2.41. The van der Waals surface area contributed by atoms with E-state index in [9.17, 15) is 27.9 Å². The summed E-state index contributed by atoms with van der Waals surface area (Å²) in [6, 6.07) is 19.8. The Balaban J connectivity index is 1.46. The van der Waals surface area contributed by atoms with Gasteiger partial charge in [0.15, 0.2) is 0 Å². The summed E-state index contributed by atoms with van der Waals surface area (Å²) in [7, 11) is -4.35. The Hall–Kier alpha value is -3.99. The lowest BCUT2D eigenvalue weighted by molar-refractivity contribution is -0.138. The number of aromatic nitrogens is 1. The summed E-state index contributed by atoms with van der Waals surface area (Å²) in [5, 5.41) is 11.4. The number of aliphatic carboxylic acids is 1. The second-order valence-electron chi connectivity index (χ2n) is 9.17. The first kappa shape index (κ1) is 26.6. The molecule has 1 fully saturated rings. The SMILES string of the molecule is O=C(O)CN(C1CCCN(c2ccc(-n3ccccc3=O)cc2)C1=O)S(=O)(=O)c1ccc2cc(Cl)ccc2c1. The van der Waals surface area contributed by atoms with E-state index in [0.717, 1.165) is 9.69 Å². The third-order valence-corrected chi connectivity index (χ3v) is 8.78. The number of rotatable bonds is 7. The summed E-state index contributed by atoms with van der Waals surface area (Å²) in [5.41, 5.74) is 0.927. The van der Waals surface area contributed by atoms with Gasteiger partial charge in [-0.15, -0.1) is 0 Å². The lowest BCUT2D eigenvalue weighted by Crippen LogP contribution is -2.55. The number of piperidine rings is 1. The molecule has 1 saturated heterocycles. The molecule has 1 unspecified atom stereocenters. The highest BCUT2D eigenvalue weighted by Crippen LogP contribution is 2.30. The van der Waals surface area contributed by atoms with Crippen LogP contribution < -0.4 is 10.5 Å². The second kappa shape index (κ2) is 10.6. The lowest BCUT2D eigenvalue weighted by atomic mass is 10.0. The number of carboxylic acids is 1. The molecule has 2 heterocycles. The highest BCUT2D eigenvalue weighted by molar-refractivity contribution is 7.89. The molecule has 39 heavy (non-hydrogen) atoms. The number of sulfonamides is 1. The molecule has 0 saturated carbocycles. The number of halogens is 1. The van der Waals surface area contributed by atoms with E-state index in [1.54, 1.807) is 66.9 Å². The zero-order valence-corrected chi connectivity index (χ0v) is 22.2. The van der Waals surface area contributed by atoms with Gasteiger partial charge in [0, 0.05) is 35.2 Å².